The van der Waals surface area contributed by atoms with Crippen LogP contribution in [0, 0.1) is 5.82 Å². The van der Waals surface area contributed by atoms with Gasteiger partial charge >= 0.3 is 0 Å². The summed E-state index contributed by atoms with van der Waals surface area (Å²) >= 11 is 5.02. The zero-order valence-electron chi connectivity index (χ0n) is 15.9. The highest BCUT2D eigenvalue weighted by Gasteiger charge is 2.19. The zero-order chi connectivity index (χ0) is 21.4. The molecule has 0 unspecified atom stereocenters. The molecule has 0 saturated heterocycles. The normalized spacial score (nSPS) is 11.2. The summed E-state index contributed by atoms with van der Waals surface area (Å²) in [6.07, 6.45) is 4.91. The van der Waals surface area contributed by atoms with E-state index in [1.807, 2.05) is 23.6 Å². The number of carbonyl (C=O) groups is 1. The van der Waals surface area contributed by atoms with E-state index in [9.17, 15) is 9.18 Å². The number of aromatic nitrogens is 5. The van der Waals surface area contributed by atoms with Crippen LogP contribution in [0.5, 0.6) is 0 Å². The smallest absolute Gasteiger partial charge is 0.262 e. The molecule has 5 aromatic rings. The van der Waals surface area contributed by atoms with Crippen LogP contribution in [0.25, 0.3) is 16.2 Å². The minimum atomic E-state index is -0.362. The van der Waals surface area contributed by atoms with E-state index in [-0.39, 0.29) is 11.7 Å². The number of nitrogens with zero attached hydrogens (tertiary/aromatic N) is 5. The number of amides is 1. The van der Waals surface area contributed by atoms with Gasteiger partial charge in [0.1, 0.15) is 11.4 Å². The molecule has 7 nitrogen and oxygen atoms in total. The van der Waals surface area contributed by atoms with Crippen molar-refractivity contribution in [1.82, 2.24) is 24.4 Å². The minimum absolute atomic E-state index is 0.289. The Kier molecular flexibility index (Phi) is 5.08. The van der Waals surface area contributed by atoms with Gasteiger partial charge in [-0.15, -0.1) is 11.3 Å². The predicted octanol–water partition coefficient (Wildman–Crippen LogP) is 4.86. The number of fused-ring (bicyclic) bond motifs is 1. The topological polar surface area (TPSA) is 77.1 Å². The molecule has 1 amide bonds. The summed E-state index contributed by atoms with van der Waals surface area (Å²) in [5.41, 5.74) is 2.56. The Bertz CT molecular complexity index is 1380. The maximum atomic E-state index is 13.1. The second kappa shape index (κ2) is 8.05. The Morgan fingerprint density at radius 2 is 2.03 bits per heavy atom. The molecule has 0 atom stereocenters. The third-order valence-corrected chi connectivity index (χ3v) is 6.10. The van der Waals surface area contributed by atoms with Crippen molar-refractivity contribution in [3.8, 4) is 10.6 Å². The lowest BCUT2D eigenvalue weighted by Crippen LogP contribution is -2.13. The van der Waals surface area contributed by atoms with Crippen molar-refractivity contribution in [1.29, 1.82) is 0 Å². The molecule has 0 bridgehead atoms. The third kappa shape index (κ3) is 3.87. The van der Waals surface area contributed by atoms with Gasteiger partial charge in [0.15, 0.2) is 11.5 Å². The lowest BCUT2D eigenvalue weighted by atomic mass is 10.2. The molecular formula is C21H14BrFN6OS. The summed E-state index contributed by atoms with van der Waals surface area (Å²) in [5.74, 6) is -0.276. The summed E-state index contributed by atoms with van der Waals surface area (Å²) in [6, 6.07) is 12.0. The highest BCUT2D eigenvalue weighted by molar-refractivity contribution is 9.10. The number of hydrogen-bond acceptors (Lipinski definition) is 5. The third-order valence-electron chi connectivity index (χ3n) is 4.63. The van der Waals surface area contributed by atoms with E-state index in [0.29, 0.717) is 28.0 Å². The highest BCUT2D eigenvalue weighted by Crippen LogP contribution is 2.26. The first kappa shape index (κ1) is 19.6. The Morgan fingerprint density at radius 3 is 2.81 bits per heavy atom. The Hall–Kier alpha value is -3.37. The molecule has 5 rings (SSSR count). The average molecular weight is 497 g/mol. The van der Waals surface area contributed by atoms with Crippen LogP contribution in [0.15, 0.2) is 70.9 Å². The van der Waals surface area contributed by atoms with Gasteiger partial charge in [-0.2, -0.15) is 10.2 Å². The van der Waals surface area contributed by atoms with Crippen LogP contribution in [0.1, 0.15) is 15.9 Å². The minimum Gasteiger partial charge on any atom is -0.304 e. The van der Waals surface area contributed by atoms with Crippen molar-refractivity contribution < 1.29 is 9.18 Å². The molecule has 0 aliphatic heterocycles. The van der Waals surface area contributed by atoms with Crippen LogP contribution in [0.2, 0.25) is 0 Å². The van der Waals surface area contributed by atoms with Gasteiger partial charge in [-0.1, -0.05) is 18.2 Å². The van der Waals surface area contributed by atoms with E-state index in [2.05, 4.69) is 36.4 Å². The first-order valence-corrected chi connectivity index (χ1v) is 10.9. The number of carbonyl (C=O) groups excluding carboxylic acids is 1. The molecule has 0 fully saturated rings. The summed E-state index contributed by atoms with van der Waals surface area (Å²) in [7, 11) is 0. The second-order valence-corrected chi connectivity index (χ2v) is 8.51. The van der Waals surface area contributed by atoms with Gasteiger partial charge in [-0.25, -0.2) is 13.9 Å². The molecular weight excluding hydrogens is 483 g/mol. The van der Waals surface area contributed by atoms with E-state index in [4.69, 9.17) is 0 Å². The largest absolute Gasteiger partial charge is 0.304 e. The molecule has 0 aliphatic rings. The molecule has 1 aromatic carbocycles. The summed E-state index contributed by atoms with van der Waals surface area (Å²) in [5, 5.41) is 13.6. The average Bonchev–Trinajstić information content (AvgIpc) is 3.50. The van der Waals surface area contributed by atoms with E-state index in [0.717, 1.165) is 16.1 Å². The first-order valence-electron chi connectivity index (χ1n) is 9.24. The van der Waals surface area contributed by atoms with E-state index < -0.39 is 0 Å². The summed E-state index contributed by atoms with van der Waals surface area (Å²) in [6.45, 7) is 0.442. The van der Waals surface area contributed by atoms with Crippen LogP contribution in [-0.4, -0.2) is 30.3 Å². The monoisotopic (exact) mass is 496 g/mol. The van der Waals surface area contributed by atoms with Gasteiger partial charge in [0.25, 0.3) is 5.91 Å². The van der Waals surface area contributed by atoms with Gasteiger partial charge in [0.2, 0.25) is 0 Å². The number of benzene rings is 1. The molecule has 0 radical (unpaired) electrons. The van der Waals surface area contributed by atoms with Gasteiger partial charge in [0.05, 0.1) is 27.8 Å². The molecule has 4 aromatic heterocycles. The number of halogens is 2. The molecule has 1 N–H and O–H groups in total. The van der Waals surface area contributed by atoms with Crippen molar-refractivity contribution >= 4 is 44.6 Å². The molecule has 0 saturated carbocycles. The lowest BCUT2D eigenvalue weighted by molar-refractivity contribution is 0.102. The number of anilines is 1. The van der Waals surface area contributed by atoms with Crippen molar-refractivity contribution in [3.63, 3.8) is 0 Å². The lowest BCUT2D eigenvalue weighted by Gasteiger charge is -2.04. The Balaban J connectivity index is 1.39. The fourth-order valence-corrected chi connectivity index (χ4v) is 4.33. The standard InChI is InChI=1S/C21H14BrFN6OS/c22-16-12-28(11-13-3-5-14(23)6-4-13)27-19(16)26-21(30)15-10-25-29-17(7-8-24-20(15)29)18-2-1-9-31-18/h1-10,12H,11H2,(H,26,27,30). The molecule has 154 valence electrons. The number of thiophene rings is 1. The van der Waals surface area contributed by atoms with E-state index >= 15 is 0 Å². The molecule has 4 heterocycles. The number of hydrogen-bond donors (Lipinski definition) is 1. The van der Waals surface area contributed by atoms with Crippen LogP contribution < -0.4 is 5.32 Å². The van der Waals surface area contributed by atoms with E-state index in [1.54, 1.807) is 45.1 Å². The van der Waals surface area contributed by atoms with Crippen molar-refractivity contribution in [3.05, 3.63) is 87.9 Å². The number of nitrogens with one attached hydrogen (secondary N) is 1. The SMILES string of the molecule is O=C(Nc1nn(Cc2ccc(F)cc2)cc1Br)c1cnn2c(-c3cccs3)ccnc12. The Labute approximate surface area is 188 Å². The maximum absolute atomic E-state index is 13.1. The van der Waals surface area contributed by atoms with Crippen LogP contribution in [0.4, 0.5) is 10.2 Å². The van der Waals surface area contributed by atoms with Crippen LogP contribution >= 0.6 is 27.3 Å². The van der Waals surface area contributed by atoms with Crippen LogP contribution in [0.3, 0.4) is 0 Å². The quantitative estimate of drug-likeness (QED) is 0.377. The van der Waals surface area contributed by atoms with Crippen molar-refractivity contribution in [2.75, 3.05) is 5.32 Å². The maximum Gasteiger partial charge on any atom is 0.262 e. The fourth-order valence-electron chi connectivity index (χ4n) is 3.18. The zero-order valence-corrected chi connectivity index (χ0v) is 18.3. The first-order chi connectivity index (χ1) is 15.1. The van der Waals surface area contributed by atoms with Gasteiger partial charge in [0, 0.05) is 12.4 Å². The fraction of sp³-hybridized carbons (Fsp3) is 0.0476. The summed E-state index contributed by atoms with van der Waals surface area (Å²) in [4.78, 5) is 18.3. The van der Waals surface area contributed by atoms with Crippen LogP contribution in [-0.2, 0) is 6.54 Å². The van der Waals surface area contributed by atoms with E-state index in [1.165, 1.54) is 18.3 Å². The van der Waals surface area contributed by atoms with Gasteiger partial charge in [-0.05, 0) is 51.1 Å². The van der Waals surface area contributed by atoms with Crippen molar-refractivity contribution in [2.24, 2.45) is 0 Å². The number of rotatable bonds is 5. The molecule has 0 spiro atoms. The van der Waals surface area contributed by atoms with Gasteiger partial charge < -0.3 is 5.32 Å². The van der Waals surface area contributed by atoms with Gasteiger partial charge in [-0.3, -0.25) is 9.48 Å². The molecule has 10 heteroatoms. The molecule has 0 aliphatic carbocycles. The second-order valence-electron chi connectivity index (χ2n) is 6.70. The highest BCUT2D eigenvalue weighted by atomic mass is 79.9. The van der Waals surface area contributed by atoms with Crippen molar-refractivity contribution in [2.45, 2.75) is 6.54 Å². The molecule has 31 heavy (non-hydrogen) atoms. The summed E-state index contributed by atoms with van der Waals surface area (Å²) < 4.78 is 17.0. The predicted molar refractivity (Wildman–Crippen MR) is 120 cm³/mol. The Morgan fingerprint density at radius 1 is 1.19 bits per heavy atom.